The molecule has 0 spiro atoms. The van der Waals surface area contributed by atoms with Gasteiger partial charge in [-0.25, -0.2) is 0 Å². The van der Waals surface area contributed by atoms with Crippen LogP contribution in [0.25, 0.3) is 0 Å². The van der Waals surface area contributed by atoms with Crippen LogP contribution in [0.1, 0.15) is 52.4 Å². The summed E-state index contributed by atoms with van der Waals surface area (Å²) in [5.74, 6) is 1.08. The molecular weight excluding hydrogens is 240 g/mol. The monoisotopic (exact) mass is 266 g/mol. The van der Waals surface area contributed by atoms with Crippen LogP contribution in [0.4, 0.5) is 0 Å². The highest BCUT2D eigenvalue weighted by Crippen LogP contribution is 2.30. The van der Waals surface area contributed by atoms with E-state index in [1.54, 1.807) is 0 Å². The lowest BCUT2D eigenvalue weighted by Crippen LogP contribution is -2.61. The first-order chi connectivity index (χ1) is 9.09. The molecule has 4 nitrogen and oxygen atoms in total. The zero-order valence-electron chi connectivity index (χ0n) is 12.2. The molecule has 0 aromatic heterocycles. The molecule has 0 aromatic carbocycles. The molecule has 4 heteroatoms. The van der Waals surface area contributed by atoms with Crippen molar-refractivity contribution in [3.05, 3.63) is 0 Å². The van der Waals surface area contributed by atoms with Crippen molar-refractivity contribution in [2.24, 2.45) is 11.8 Å². The first-order valence-corrected chi connectivity index (χ1v) is 7.66. The van der Waals surface area contributed by atoms with Gasteiger partial charge in [0.2, 0.25) is 11.8 Å². The van der Waals surface area contributed by atoms with E-state index in [0.717, 1.165) is 25.8 Å². The summed E-state index contributed by atoms with van der Waals surface area (Å²) in [5, 5.41) is 2.77. The molecule has 1 heterocycles. The number of carbonyl (C=O) groups is 2. The lowest BCUT2D eigenvalue weighted by Gasteiger charge is -2.41. The molecule has 1 unspecified atom stereocenters. The van der Waals surface area contributed by atoms with Crippen LogP contribution in [0.5, 0.6) is 0 Å². The van der Waals surface area contributed by atoms with Gasteiger partial charge in [-0.05, 0) is 31.1 Å². The second-order valence-electron chi connectivity index (χ2n) is 6.33. The van der Waals surface area contributed by atoms with Crippen LogP contribution in [0, 0.1) is 11.8 Å². The summed E-state index contributed by atoms with van der Waals surface area (Å²) in [6, 6.07) is -0.208. The largest absolute Gasteiger partial charge is 0.345 e. The molecule has 2 fully saturated rings. The van der Waals surface area contributed by atoms with Crippen LogP contribution in [0.2, 0.25) is 0 Å². The maximum Gasteiger partial charge on any atom is 0.243 e. The van der Waals surface area contributed by atoms with Crippen LogP contribution in [0.3, 0.4) is 0 Å². The van der Waals surface area contributed by atoms with Gasteiger partial charge in [0.1, 0.15) is 6.04 Å². The van der Waals surface area contributed by atoms with Gasteiger partial charge in [-0.2, -0.15) is 0 Å². The Morgan fingerprint density at radius 3 is 2.53 bits per heavy atom. The fourth-order valence-electron chi connectivity index (χ4n) is 3.25. The molecule has 0 bridgehead atoms. The van der Waals surface area contributed by atoms with Crippen molar-refractivity contribution < 1.29 is 9.59 Å². The molecule has 1 N–H and O–H groups in total. The standard InChI is InChI=1S/C15H26N2O2/c1-11(2)8-9-17-13(18)10-16-15(19)14(17)12-6-4-3-5-7-12/h11-12,14H,3-10H2,1-2H3,(H,16,19). The van der Waals surface area contributed by atoms with E-state index in [-0.39, 0.29) is 24.4 Å². The molecule has 0 radical (unpaired) electrons. The lowest BCUT2D eigenvalue weighted by molar-refractivity contribution is -0.148. The Morgan fingerprint density at radius 1 is 1.21 bits per heavy atom. The summed E-state index contributed by atoms with van der Waals surface area (Å²) >= 11 is 0. The van der Waals surface area contributed by atoms with Gasteiger partial charge in [-0.1, -0.05) is 33.1 Å². The van der Waals surface area contributed by atoms with E-state index >= 15 is 0 Å². The molecule has 108 valence electrons. The van der Waals surface area contributed by atoms with Gasteiger partial charge in [0.05, 0.1) is 6.54 Å². The summed E-state index contributed by atoms with van der Waals surface area (Å²) < 4.78 is 0. The second kappa shape index (κ2) is 6.40. The Kier molecular flexibility index (Phi) is 4.83. The molecule has 19 heavy (non-hydrogen) atoms. The van der Waals surface area contributed by atoms with E-state index in [0.29, 0.717) is 11.8 Å². The quantitative estimate of drug-likeness (QED) is 0.845. The number of nitrogens with zero attached hydrogens (tertiary/aromatic N) is 1. The maximum absolute atomic E-state index is 12.2. The molecule has 0 aromatic rings. The zero-order valence-corrected chi connectivity index (χ0v) is 12.2. The van der Waals surface area contributed by atoms with Gasteiger partial charge in [0.15, 0.2) is 0 Å². The number of amides is 2. The smallest absolute Gasteiger partial charge is 0.243 e. The van der Waals surface area contributed by atoms with Gasteiger partial charge in [0.25, 0.3) is 0 Å². The highest BCUT2D eigenvalue weighted by atomic mass is 16.2. The lowest BCUT2D eigenvalue weighted by atomic mass is 9.82. The van der Waals surface area contributed by atoms with Gasteiger partial charge in [-0.3, -0.25) is 9.59 Å². The van der Waals surface area contributed by atoms with Gasteiger partial charge in [0, 0.05) is 6.54 Å². The molecule has 1 aliphatic heterocycles. The molecule has 2 aliphatic rings. The van der Waals surface area contributed by atoms with Crippen LogP contribution in [-0.4, -0.2) is 35.8 Å². The zero-order chi connectivity index (χ0) is 13.8. The minimum atomic E-state index is -0.208. The van der Waals surface area contributed by atoms with Crippen LogP contribution >= 0.6 is 0 Å². The molecule has 1 saturated heterocycles. The van der Waals surface area contributed by atoms with Crippen molar-refractivity contribution in [1.82, 2.24) is 10.2 Å². The van der Waals surface area contributed by atoms with Crippen molar-refractivity contribution in [3.63, 3.8) is 0 Å². The summed E-state index contributed by atoms with van der Waals surface area (Å²) in [6.07, 6.45) is 6.81. The van der Waals surface area contributed by atoms with Gasteiger partial charge in [-0.15, -0.1) is 0 Å². The average Bonchev–Trinajstić information content (AvgIpc) is 2.40. The van der Waals surface area contributed by atoms with Crippen molar-refractivity contribution in [2.45, 2.75) is 58.4 Å². The summed E-state index contributed by atoms with van der Waals surface area (Å²) in [5.41, 5.74) is 0. The average molecular weight is 266 g/mol. The first-order valence-electron chi connectivity index (χ1n) is 7.66. The molecule has 2 amide bonds. The Balaban J connectivity index is 2.08. The summed E-state index contributed by atoms with van der Waals surface area (Å²) in [7, 11) is 0. The Hall–Kier alpha value is -1.06. The maximum atomic E-state index is 12.2. The predicted molar refractivity (Wildman–Crippen MR) is 74.5 cm³/mol. The Labute approximate surface area is 115 Å². The first kappa shape index (κ1) is 14.4. The highest BCUT2D eigenvalue weighted by molar-refractivity contribution is 5.95. The van der Waals surface area contributed by atoms with E-state index in [9.17, 15) is 9.59 Å². The number of nitrogens with one attached hydrogen (secondary N) is 1. The van der Waals surface area contributed by atoms with E-state index < -0.39 is 0 Å². The third kappa shape index (κ3) is 3.48. The van der Waals surface area contributed by atoms with E-state index in [1.807, 2.05) is 4.90 Å². The summed E-state index contributed by atoms with van der Waals surface area (Å²) in [4.78, 5) is 26.2. The molecular formula is C15H26N2O2. The fourth-order valence-corrected chi connectivity index (χ4v) is 3.25. The van der Waals surface area contributed by atoms with Crippen LogP contribution < -0.4 is 5.32 Å². The Bertz CT molecular complexity index is 335. The minimum Gasteiger partial charge on any atom is -0.345 e. The van der Waals surface area contributed by atoms with Gasteiger partial charge < -0.3 is 10.2 Å². The normalized spacial score (nSPS) is 25.8. The van der Waals surface area contributed by atoms with Crippen molar-refractivity contribution >= 4 is 11.8 Å². The van der Waals surface area contributed by atoms with Crippen molar-refractivity contribution in [2.75, 3.05) is 13.1 Å². The third-order valence-corrected chi connectivity index (χ3v) is 4.38. The van der Waals surface area contributed by atoms with Crippen molar-refractivity contribution in [3.8, 4) is 0 Å². The molecule has 1 aliphatic carbocycles. The number of hydrogen-bond donors (Lipinski definition) is 1. The molecule has 1 atom stereocenters. The van der Waals surface area contributed by atoms with E-state index in [1.165, 1.54) is 19.3 Å². The van der Waals surface area contributed by atoms with E-state index in [2.05, 4.69) is 19.2 Å². The Morgan fingerprint density at radius 2 is 1.89 bits per heavy atom. The van der Waals surface area contributed by atoms with Crippen LogP contribution in [0.15, 0.2) is 0 Å². The van der Waals surface area contributed by atoms with Crippen molar-refractivity contribution in [1.29, 1.82) is 0 Å². The number of piperazine rings is 1. The number of carbonyl (C=O) groups excluding carboxylic acids is 2. The molecule has 1 saturated carbocycles. The summed E-state index contributed by atoms with van der Waals surface area (Å²) in [6.45, 7) is 5.22. The minimum absolute atomic E-state index is 0.0651. The van der Waals surface area contributed by atoms with E-state index in [4.69, 9.17) is 0 Å². The number of hydrogen-bond acceptors (Lipinski definition) is 2. The topological polar surface area (TPSA) is 49.4 Å². The van der Waals surface area contributed by atoms with Gasteiger partial charge >= 0.3 is 0 Å². The highest BCUT2D eigenvalue weighted by Gasteiger charge is 2.39. The second-order valence-corrected chi connectivity index (χ2v) is 6.33. The molecule has 2 rings (SSSR count). The predicted octanol–water partition coefficient (Wildman–Crippen LogP) is 1.94. The SMILES string of the molecule is CC(C)CCN1C(=O)CNC(=O)C1C1CCCCC1. The van der Waals surface area contributed by atoms with Crippen LogP contribution in [-0.2, 0) is 9.59 Å². The third-order valence-electron chi connectivity index (χ3n) is 4.38. The number of rotatable bonds is 4. The fraction of sp³-hybridized carbons (Fsp3) is 0.867.